The molecule has 0 unspecified atom stereocenters. The van der Waals surface area contributed by atoms with E-state index in [-0.39, 0.29) is 5.91 Å². The van der Waals surface area contributed by atoms with Gasteiger partial charge in [-0.2, -0.15) is 0 Å². The van der Waals surface area contributed by atoms with Crippen LogP contribution in [0.1, 0.15) is 32.6 Å². The van der Waals surface area contributed by atoms with E-state index in [1.807, 2.05) is 11.8 Å². The average molecular weight is 283 g/mol. The third kappa shape index (κ3) is 4.17. The van der Waals surface area contributed by atoms with Crippen molar-refractivity contribution < 1.29 is 9.90 Å². The van der Waals surface area contributed by atoms with Gasteiger partial charge in [0.2, 0.25) is 5.91 Å². The normalized spacial score (nSPS) is 30.2. The van der Waals surface area contributed by atoms with Crippen molar-refractivity contribution in [1.29, 1.82) is 0 Å². The molecule has 1 N–H and O–H groups in total. The van der Waals surface area contributed by atoms with Crippen LogP contribution in [0, 0.1) is 0 Å². The lowest BCUT2D eigenvalue weighted by atomic mass is 9.90. The van der Waals surface area contributed by atoms with Crippen LogP contribution in [0.3, 0.4) is 0 Å². The van der Waals surface area contributed by atoms with E-state index >= 15 is 0 Å². The van der Waals surface area contributed by atoms with Gasteiger partial charge in [-0.05, 0) is 45.8 Å². The number of likely N-dealkylation sites (tertiary alicyclic amines) is 1. The molecule has 0 radical (unpaired) electrons. The van der Waals surface area contributed by atoms with Crippen molar-refractivity contribution in [3.8, 4) is 0 Å². The van der Waals surface area contributed by atoms with Crippen LogP contribution >= 0.6 is 0 Å². The van der Waals surface area contributed by atoms with Crippen molar-refractivity contribution in [3.05, 3.63) is 0 Å². The summed E-state index contributed by atoms with van der Waals surface area (Å²) in [6.07, 6.45) is 3.59. The van der Waals surface area contributed by atoms with Gasteiger partial charge in [0, 0.05) is 26.2 Å². The molecule has 2 aliphatic rings. The smallest absolute Gasteiger partial charge is 0.236 e. The van der Waals surface area contributed by atoms with Gasteiger partial charge in [-0.15, -0.1) is 0 Å². The molecule has 1 atom stereocenters. The molecule has 2 fully saturated rings. The molecule has 2 rings (SSSR count). The van der Waals surface area contributed by atoms with E-state index in [1.54, 1.807) is 0 Å². The summed E-state index contributed by atoms with van der Waals surface area (Å²) in [6, 6.07) is 0. The van der Waals surface area contributed by atoms with Crippen molar-refractivity contribution in [2.75, 3.05) is 52.9 Å². The van der Waals surface area contributed by atoms with E-state index in [4.69, 9.17) is 0 Å². The number of carbonyl (C=O) groups is 1. The molecule has 0 aromatic rings. The molecule has 20 heavy (non-hydrogen) atoms. The SMILES string of the molecule is CC[C@@]1(O)CCCN(C(=O)CN2CCCN(C)CC2)C1. The molecule has 5 nitrogen and oxygen atoms in total. The molecule has 2 aliphatic heterocycles. The quantitative estimate of drug-likeness (QED) is 0.814. The fourth-order valence-electron chi connectivity index (χ4n) is 3.16. The first-order valence-electron chi connectivity index (χ1n) is 7.93. The second-order valence-corrected chi connectivity index (χ2v) is 6.43. The Hall–Kier alpha value is -0.650. The Bertz CT molecular complexity index is 337. The molecule has 0 aliphatic carbocycles. The first-order valence-corrected chi connectivity index (χ1v) is 7.93. The lowest BCUT2D eigenvalue weighted by Gasteiger charge is -2.39. The van der Waals surface area contributed by atoms with Crippen LogP contribution in [0.25, 0.3) is 0 Å². The highest BCUT2D eigenvalue weighted by Crippen LogP contribution is 2.24. The minimum absolute atomic E-state index is 0.182. The summed E-state index contributed by atoms with van der Waals surface area (Å²) < 4.78 is 0. The summed E-state index contributed by atoms with van der Waals surface area (Å²) >= 11 is 0. The maximum Gasteiger partial charge on any atom is 0.236 e. The fraction of sp³-hybridized carbons (Fsp3) is 0.933. The summed E-state index contributed by atoms with van der Waals surface area (Å²) in [5.41, 5.74) is -0.660. The number of hydrogen-bond acceptors (Lipinski definition) is 4. The maximum atomic E-state index is 12.4. The third-order valence-corrected chi connectivity index (χ3v) is 4.74. The molecular weight excluding hydrogens is 254 g/mol. The Balaban J connectivity index is 1.84. The zero-order chi connectivity index (χ0) is 14.6. The van der Waals surface area contributed by atoms with E-state index < -0.39 is 5.60 Å². The predicted molar refractivity (Wildman–Crippen MR) is 79.6 cm³/mol. The zero-order valence-corrected chi connectivity index (χ0v) is 13.0. The van der Waals surface area contributed by atoms with Crippen LogP contribution in [0.5, 0.6) is 0 Å². The van der Waals surface area contributed by atoms with Crippen LogP contribution in [0.15, 0.2) is 0 Å². The first-order chi connectivity index (χ1) is 9.52. The standard InChI is InChI=1S/C15H29N3O2/c1-3-15(20)6-4-9-18(13-15)14(19)12-17-8-5-7-16(2)10-11-17/h20H,3-13H2,1-2H3/t15-/m1/s1. The summed E-state index contributed by atoms with van der Waals surface area (Å²) in [4.78, 5) is 18.9. The van der Waals surface area contributed by atoms with Crippen molar-refractivity contribution in [3.63, 3.8) is 0 Å². The van der Waals surface area contributed by atoms with Gasteiger partial charge in [-0.1, -0.05) is 6.92 Å². The monoisotopic (exact) mass is 283 g/mol. The summed E-state index contributed by atoms with van der Waals surface area (Å²) in [5.74, 6) is 0.182. The maximum absolute atomic E-state index is 12.4. The predicted octanol–water partition coefficient (Wildman–Crippen LogP) is 0.387. The Morgan fingerprint density at radius 1 is 1.15 bits per heavy atom. The third-order valence-electron chi connectivity index (χ3n) is 4.74. The molecule has 5 heteroatoms. The van der Waals surface area contributed by atoms with Gasteiger partial charge in [0.05, 0.1) is 12.1 Å². The van der Waals surface area contributed by atoms with Crippen molar-refractivity contribution in [1.82, 2.24) is 14.7 Å². The number of piperidine rings is 1. The lowest BCUT2D eigenvalue weighted by molar-refractivity contribution is -0.139. The number of amides is 1. The number of likely N-dealkylation sites (N-methyl/N-ethyl adjacent to an activating group) is 1. The van der Waals surface area contributed by atoms with E-state index in [0.717, 1.165) is 58.4 Å². The summed E-state index contributed by atoms with van der Waals surface area (Å²) in [7, 11) is 2.14. The zero-order valence-electron chi connectivity index (χ0n) is 13.0. The molecule has 0 spiro atoms. The highest BCUT2D eigenvalue weighted by molar-refractivity contribution is 5.78. The number of carbonyl (C=O) groups excluding carboxylic acids is 1. The molecule has 0 saturated carbocycles. The van der Waals surface area contributed by atoms with Gasteiger partial charge in [-0.3, -0.25) is 9.69 Å². The van der Waals surface area contributed by atoms with E-state index in [2.05, 4.69) is 16.8 Å². The van der Waals surface area contributed by atoms with Gasteiger partial charge in [0.1, 0.15) is 0 Å². The Morgan fingerprint density at radius 3 is 2.70 bits per heavy atom. The summed E-state index contributed by atoms with van der Waals surface area (Å²) in [5, 5.41) is 10.4. The van der Waals surface area contributed by atoms with Crippen LogP contribution in [0.4, 0.5) is 0 Å². The molecule has 2 saturated heterocycles. The molecule has 0 aromatic carbocycles. The largest absolute Gasteiger partial charge is 0.388 e. The second kappa shape index (κ2) is 6.87. The molecule has 0 aromatic heterocycles. The summed E-state index contributed by atoms with van der Waals surface area (Å²) in [6.45, 7) is 7.93. The van der Waals surface area contributed by atoms with Gasteiger partial charge in [0.25, 0.3) is 0 Å². The molecule has 0 bridgehead atoms. The fourth-order valence-corrected chi connectivity index (χ4v) is 3.16. The molecular formula is C15H29N3O2. The van der Waals surface area contributed by atoms with E-state index in [0.29, 0.717) is 13.1 Å². The number of hydrogen-bond donors (Lipinski definition) is 1. The van der Waals surface area contributed by atoms with Crippen molar-refractivity contribution in [2.24, 2.45) is 0 Å². The van der Waals surface area contributed by atoms with E-state index in [9.17, 15) is 9.90 Å². The lowest BCUT2D eigenvalue weighted by Crippen LogP contribution is -2.52. The van der Waals surface area contributed by atoms with Gasteiger partial charge >= 0.3 is 0 Å². The first kappa shape index (κ1) is 15.7. The topological polar surface area (TPSA) is 47.0 Å². The van der Waals surface area contributed by atoms with Crippen LogP contribution in [0.2, 0.25) is 0 Å². The number of aliphatic hydroxyl groups is 1. The second-order valence-electron chi connectivity index (χ2n) is 6.43. The van der Waals surface area contributed by atoms with E-state index in [1.165, 1.54) is 0 Å². The number of β-amino-alcohol motifs (C(OH)–C–C–N with tert-alkyl or cyclic N) is 1. The van der Waals surface area contributed by atoms with Crippen LogP contribution in [-0.4, -0.2) is 84.2 Å². The number of rotatable bonds is 3. The Labute approximate surface area is 122 Å². The highest BCUT2D eigenvalue weighted by Gasteiger charge is 2.33. The minimum Gasteiger partial charge on any atom is -0.388 e. The Morgan fingerprint density at radius 2 is 1.95 bits per heavy atom. The van der Waals surface area contributed by atoms with Crippen LogP contribution in [-0.2, 0) is 4.79 Å². The van der Waals surface area contributed by atoms with Crippen LogP contribution < -0.4 is 0 Å². The highest BCUT2D eigenvalue weighted by atomic mass is 16.3. The average Bonchev–Trinajstić information content (AvgIpc) is 2.64. The van der Waals surface area contributed by atoms with Gasteiger partial charge < -0.3 is 14.9 Å². The van der Waals surface area contributed by atoms with Crippen molar-refractivity contribution >= 4 is 5.91 Å². The molecule has 1 amide bonds. The minimum atomic E-state index is -0.660. The number of nitrogens with zero attached hydrogens (tertiary/aromatic N) is 3. The van der Waals surface area contributed by atoms with Gasteiger partial charge in [-0.25, -0.2) is 0 Å². The molecule has 2 heterocycles. The molecule has 116 valence electrons. The Kier molecular flexibility index (Phi) is 5.41. The van der Waals surface area contributed by atoms with Crippen molar-refractivity contribution in [2.45, 2.75) is 38.2 Å². The van der Waals surface area contributed by atoms with Gasteiger partial charge in [0.15, 0.2) is 0 Å².